The van der Waals surface area contributed by atoms with Gasteiger partial charge in [0.15, 0.2) is 5.65 Å². The number of nitrogens with zero attached hydrogens (tertiary/aromatic N) is 4. The first-order chi connectivity index (χ1) is 18.0. The van der Waals surface area contributed by atoms with Crippen LogP contribution < -0.4 is 21.5 Å². The summed E-state index contributed by atoms with van der Waals surface area (Å²) in [4.78, 5) is 21.1. The molecule has 1 saturated carbocycles. The van der Waals surface area contributed by atoms with Crippen LogP contribution >= 0.6 is 0 Å². The Hall–Kier alpha value is -3.98. The van der Waals surface area contributed by atoms with Crippen molar-refractivity contribution >= 4 is 22.8 Å². The molecule has 5 rings (SSSR count). The molecule has 37 heavy (non-hydrogen) atoms. The molecule has 1 aliphatic rings. The molecule has 4 aromatic rings. The molecule has 0 spiro atoms. The number of nitrogens with one attached hydrogen (secondary N) is 1. The van der Waals surface area contributed by atoms with E-state index in [4.69, 9.17) is 21.3 Å². The summed E-state index contributed by atoms with van der Waals surface area (Å²) in [6.45, 7) is 2.03. The number of carbonyl (C=O) groups is 1. The van der Waals surface area contributed by atoms with Crippen LogP contribution in [0.4, 0.5) is 5.82 Å². The number of nitrogens with two attached hydrogens (primary N) is 2. The topological polar surface area (TPSA) is 134 Å². The second-order valence-electron chi connectivity index (χ2n) is 9.60. The van der Waals surface area contributed by atoms with E-state index in [1.54, 1.807) is 0 Å². The van der Waals surface area contributed by atoms with Gasteiger partial charge in [-0.2, -0.15) is 5.10 Å². The minimum absolute atomic E-state index is 0.0580. The highest BCUT2D eigenvalue weighted by Gasteiger charge is 2.28. The van der Waals surface area contributed by atoms with E-state index in [2.05, 4.69) is 15.3 Å². The molecule has 9 nitrogen and oxygen atoms in total. The van der Waals surface area contributed by atoms with Gasteiger partial charge < -0.3 is 21.5 Å². The van der Waals surface area contributed by atoms with Crippen LogP contribution in [-0.2, 0) is 4.79 Å². The Morgan fingerprint density at radius 1 is 1.05 bits per heavy atom. The average molecular weight is 500 g/mol. The molecule has 9 heteroatoms. The van der Waals surface area contributed by atoms with Crippen LogP contribution in [0.25, 0.3) is 22.3 Å². The fourth-order valence-electron chi connectivity index (χ4n) is 4.97. The van der Waals surface area contributed by atoms with Crippen molar-refractivity contribution in [2.75, 3.05) is 5.73 Å². The summed E-state index contributed by atoms with van der Waals surface area (Å²) >= 11 is 0. The third-order valence-corrected chi connectivity index (χ3v) is 6.95. The van der Waals surface area contributed by atoms with E-state index >= 15 is 0 Å². The van der Waals surface area contributed by atoms with Crippen molar-refractivity contribution < 1.29 is 9.53 Å². The Labute approximate surface area is 216 Å². The zero-order valence-corrected chi connectivity index (χ0v) is 21.0. The van der Waals surface area contributed by atoms with Gasteiger partial charge in [-0.25, -0.2) is 14.6 Å². The molecule has 5 N–H and O–H groups in total. The highest BCUT2D eigenvalue weighted by Crippen LogP contribution is 2.36. The minimum Gasteiger partial charge on any atom is -0.457 e. The maximum atomic E-state index is 12.4. The Morgan fingerprint density at radius 3 is 2.46 bits per heavy atom. The van der Waals surface area contributed by atoms with Crippen LogP contribution in [0.1, 0.15) is 51.5 Å². The lowest BCUT2D eigenvalue weighted by molar-refractivity contribution is -0.123. The number of rotatable bonds is 8. The Morgan fingerprint density at radius 2 is 1.76 bits per heavy atom. The molecule has 1 fully saturated rings. The molecule has 1 amide bonds. The van der Waals surface area contributed by atoms with E-state index in [0.29, 0.717) is 12.2 Å². The van der Waals surface area contributed by atoms with Gasteiger partial charge in [-0.15, -0.1) is 0 Å². The molecule has 192 valence electrons. The number of carbonyl (C=O) groups excluding carboxylic acids is 1. The molecule has 1 atom stereocenters. The highest BCUT2D eigenvalue weighted by atomic mass is 16.5. The lowest BCUT2D eigenvalue weighted by Crippen LogP contribution is -2.46. The van der Waals surface area contributed by atoms with Crippen molar-refractivity contribution in [3.8, 4) is 22.8 Å². The number of aromatic nitrogens is 4. The van der Waals surface area contributed by atoms with Gasteiger partial charge in [0, 0.05) is 11.6 Å². The maximum Gasteiger partial charge on any atom is 0.237 e. The molecule has 0 unspecified atom stereocenters. The van der Waals surface area contributed by atoms with Crippen molar-refractivity contribution in [3.63, 3.8) is 0 Å². The first-order valence-corrected chi connectivity index (χ1v) is 12.9. The minimum atomic E-state index is -0.440. The molecule has 0 radical (unpaired) electrons. The lowest BCUT2D eigenvalue weighted by Gasteiger charge is -2.30. The molecule has 2 heterocycles. The monoisotopic (exact) mass is 499 g/mol. The number of amides is 1. The number of benzene rings is 2. The van der Waals surface area contributed by atoms with Crippen molar-refractivity contribution in [2.45, 2.75) is 63.6 Å². The van der Waals surface area contributed by atoms with E-state index in [9.17, 15) is 4.79 Å². The third kappa shape index (κ3) is 5.41. The summed E-state index contributed by atoms with van der Waals surface area (Å²) in [5.41, 5.74) is 14.7. The third-order valence-electron chi connectivity index (χ3n) is 6.95. The van der Waals surface area contributed by atoms with Gasteiger partial charge in [-0.3, -0.25) is 4.79 Å². The van der Waals surface area contributed by atoms with Gasteiger partial charge in [0.25, 0.3) is 0 Å². The summed E-state index contributed by atoms with van der Waals surface area (Å²) in [5, 5.41) is 8.86. The van der Waals surface area contributed by atoms with E-state index in [1.807, 2.05) is 66.2 Å². The molecule has 0 aliphatic heterocycles. The smallest absolute Gasteiger partial charge is 0.237 e. The second kappa shape index (κ2) is 11.0. The lowest BCUT2D eigenvalue weighted by atomic mass is 9.91. The molecule has 2 aromatic carbocycles. The maximum absolute atomic E-state index is 12.4. The molecular weight excluding hydrogens is 466 g/mol. The normalized spacial score (nSPS) is 18.4. The van der Waals surface area contributed by atoms with E-state index in [0.717, 1.165) is 65.9 Å². The number of ether oxygens (including phenoxy) is 1. The van der Waals surface area contributed by atoms with Crippen LogP contribution in [-0.4, -0.2) is 37.7 Å². The Bertz CT molecular complexity index is 1350. The summed E-state index contributed by atoms with van der Waals surface area (Å²) < 4.78 is 7.92. The van der Waals surface area contributed by atoms with E-state index in [-0.39, 0.29) is 18.0 Å². The fourth-order valence-corrected chi connectivity index (χ4v) is 4.97. The summed E-state index contributed by atoms with van der Waals surface area (Å²) in [5.74, 6) is 1.86. The van der Waals surface area contributed by atoms with Gasteiger partial charge in [0.2, 0.25) is 5.91 Å². The van der Waals surface area contributed by atoms with Gasteiger partial charge in [-0.05, 0) is 68.5 Å². The van der Waals surface area contributed by atoms with Crippen LogP contribution in [0.5, 0.6) is 11.5 Å². The van der Waals surface area contributed by atoms with Crippen LogP contribution in [0.15, 0.2) is 60.9 Å². The van der Waals surface area contributed by atoms with E-state index < -0.39 is 6.04 Å². The number of hydrogen-bond donors (Lipinski definition) is 3. The summed E-state index contributed by atoms with van der Waals surface area (Å²) in [6.07, 6.45) is 6.54. The predicted octanol–water partition coefficient (Wildman–Crippen LogP) is 4.60. The number of fused-ring (bicyclic) bond motifs is 1. The first kappa shape index (κ1) is 24.7. The molecular formula is C28H33N7O2. The van der Waals surface area contributed by atoms with Gasteiger partial charge in [-0.1, -0.05) is 31.5 Å². The van der Waals surface area contributed by atoms with Crippen molar-refractivity contribution in [3.05, 3.63) is 60.9 Å². The quantitative estimate of drug-likeness (QED) is 0.323. The predicted molar refractivity (Wildman–Crippen MR) is 144 cm³/mol. The van der Waals surface area contributed by atoms with Crippen molar-refractivity contribution in [1.82, 2.24) is 25.1 Å². The fraction of sp³-hybridized carbons (Fsp3) is 0.357. The highest BCUT2D eigenvalue weighted by molar-refractivity contribution is 5.98. The number of anilines is 1. The van der Waals surface area contributed by atoms with Crippen molar-refractivity contribution in [1.29, 1.82) is 0 Å². The number of nitrogen functional groups attached to an aromatic ring is 1. The largest absolute Gasteiger partial charge is 0.457 e. The first-order valence-electron chi connectivity index (χ1n) is 12.9. The Balaban J connectivity index is 1.35. The SMILES string of the molecule is CCC[C@H](N)C(=O)NC1CCC(n2nc(-c3ccc(Oc4ccccc4)cc3)c3c(N)ncnc32)CC1. The summed E-state index contributed by atoms with van der Waals surface area (Å²) in [6, 6.07) is 17.3. The van der Waals surface area contributed by atoms with Gasteiger partial charge >= 0.3 is 0 Å². The van der Waals surface area contributed by atoms with E-state index in [1.165, 1.54) is 6.33 Å². The Kier molecular flexibility index (Phi) is 7.32. The van der Waals surface area contributed by atoms with Gasteiger partial charge in [0.05, 0.1) is 17.5 Å². The molecule has 0 bridgehead atoms. The zero-order chi connectivity index (χ0) is 25.8. The average Bonchev–Trinajstić information content (AvgIpc) is 3.31. The molecule has 0 saturated heterocycles. The van der Waals surface area contributed by atoms with Crippen LogP contribution in [0.2, 0.25) is 0 Å². The van der Waals surface area contributed by atoms with Crippen LogP contribution in [0.3, 0.4) is 0 Å². The second-order valence-corrected chi connectivity index (χ2v) is 9.60. The number of hydrogen-bond acceptors (Lipinski definition) is 7. The molecule has 1 aliphatic carbocycles. The summed E-state index contributed by atoms with van der Waals surface area (Å²) in [7, 11) is 0. The number of para-hydroxylation sites is 1. The van der Waals surface area contributed by atoms with Gasteiger partial charge in [0.1, 0.15) is 29.3 Å². The zero-order valence-electron chi connectivity index (χ0n) is 21.0. The van der Waals surface area contributed by atoms with Crippen LogP contribution in [0, 0.1) is 0 Å². The standard InChI is InChI=1S/C28H33N7O2/c1-2-6-23(29)28(36)33-19-11-13-20(14-12-19)35-27-24(26(30)31-17-32-27)25(34-35)18-9-15-22(16-10-18)37-21-7-4-3-5-8-21/h3-5,7-10,15-17,19-20,23H,2,6,11-14,29H2,1H3,(H,33,36)(H2,30,31,32)/t19?,20?,23-/m0/s1. The molecule has 2 aromatic heterocycles. The van der Waals surface area contributed by atoms with Crippen molar-refractivity contribution in [2.24, 2.45) is 5.73 Å².